The van der Waals surface area contributed by atoms with Gasteiger partial charge in [-0.3, -0.25) is 4.79 Å². The summed E-state index contributed by atoms with van der Waals surface area (Å²) in [7, 11) is 4.03. The summed E-state index contributed by atoms with van der Waals surface area (Å²) in [5.74, 6) is 0.134. The van der Waals surface area contributed by atoms with E-state index in [-0.39, 0.29) is 5.91 Å². The molecule has 0 unspecified atom stereocenters. The van der Waals surface area contributed by atoms with Gasteiger partial charge in [-0.15, -0.1) is 0 Å². The van der Waals surface area contributed by atoms with Crippen molar-refractivity contribution in [2.24, 2.45) is 0 Å². The molecule has 4 heteroatoms. The average Bonchev–Trinajstić information content (AvgIpc) is 2.59. The van der Waals surface area contributed by atoms with Gasteiger partial charge in [0.1, 0.15) is 0 Å². The van der Waals surface area contributed by atoms with E-state index in [1.54, 1.807) is 0 Å². The quantitative estimate of drug-likeness (QED) is 0.878. The van der Waals surface area contributed by atoms with Gasteiger partial charge in [-0.1, -0.05) is 13.3 Å². The van der Waals surface area contributed by atoms with E-state index in [2.05, 4.69) is 36.3 Å². The molecule has 0 aromatic heterocycles. The number of nitrogens with zero attached hydrogens (tertiary/aromatic N) is 2. The Kier molecular flexibility index (Phi) is 6.25. The zero-order valence-corrected chi connectivity index (χ0v) is 14.1. The van der Waals surface area contributed by atoms with Crippen molar-refractivity contribution >= 4 is 11.6 Å². The number of carbonyl (C=O) groups is 1. The van der Waals surface area contributed by atoms with Crippen LogP contribution in [0.3, 0.4) is 0 Å². The molecule has 122 valence electrons. The molecule has 0 spiro atoms. The lowest BCUT2D eigenvalue weighted by Gasteiger charge is -2.31. The molecule has 1 aliphatic rings. The molecule has 0 atom stereocenters. The summed E-state index contributed by atoms with van der Waals surface area (Å²) in [6.45, 7) is 5.26. The molecule has 1 aromatic carbocycles. The Morgan fingerprint density at radius 2 is 1.82 bits per heavy atom. The number of anilines is 1. The smallest absolute Gasteiger partial charge is 0.253 e. The Morgan fingerprint density at radius 3 is 2.41 bits per heavy atom. The number of hydrogen-bond donors (Lipinski definition) is 1. The fourth-order valence-electron chi connectivity index (χ4n) is 2.95. The molecule has 1 N–H and O–H groups in total. The highest BCUT2D eigenvalue weighted by Gasteiger charge is 2.22. The van der Waals surface area contributed by atoms with Crippen LogP contribution in [0.5, 0.6) is 0 Å². The summed E-state index contributed by atoms with van der Waals surface area (Å²) in [6.07, 6.45) is 4.47. The van der Waals surface area contributed by atoms with E-state index in [1.807, 2.05) is 24.1 Å². The van der Waals surface area contributed by atoms with Crippen molar-refractivity contribution in [1.82, 2.24) is 10.2 Å². The molecule has 1 aliphatic heterocycles. The molecule has 1 saturated heterocycles. The largest absolute Gasteiger partial charge is 0.375 e. The summed E-state index contributed by atoms with van der Waals surface area (Å²) in [5.41, 5.74) is 1.96. The van der Waals surface area contributed by atoms with Gasteiger partial charge in [0.15, 0.2) is 0 Å². The molecule has 4 nitrogen and oxygen atoms in total. The van der Waals surface area contributed by atoms with Gasteiger partial charge < -0.3 is 15.1 Å². The summed E-state index contributed by atoms with van der Waals surface area (Å²) < 4.78 is 0. The number of amides is 1. The molecule has 1 heterocycles. The normalized spacial score (nSPS) is 15.6. The predicted molar refractivity (Wildman–Crippen MR) is 92.6 cm³/mol. The lowest BCUT2D eigenvalue weighted by molar-refractivity contribution is 0.0703. The van der Waals surface area contributed by atoms with Crippen molar-refractivity contribution in [3.63, 3.8) is 0 Å². The van der Waals surface area contributed by atoms with Gasteiger partial charge in [-0.05, 0) is 56.6 Å². The van der Waals surface area contributed by atoms with Crippen molar-refractivity contribution in [2.75, 3.05) is 38.6 Å². The third-order valence-electron chi connectivity index (χ3n) is 4.58. The molecule has 22 heavy (non-hydrogen) atoms. The second kappa shape index (κ2) is 8.18. The average molecular weight is 303 g/mol. The van der Waals surface area contributed by atoms with E-state index in [4.69, 9.17) is 0 Å². The first-order valence-corrected chi connectivity index (χ1v) is 8.42. The van der Waals surface area contributed by atoms with E-state index in [9.17, 15) is 4.79 Å². The van der Waals surface area contributed by atoms with Crippen LogP contribution in [-0.4, -0.2) is 50.6 Å². The van der Waals surface area contributed by atoms with Crippen LogP contribution in [0.1, 0.15) is 43.0 Å². The predicted octanol–water partition coefficient (Wildman–Crippen LogP) is 2.75. The highest BCUT2D eigenvalue weighted by Crippen LogP contribution is 2.18. The summed E-state index contributed by atoms with van der Waals surface area (Å²) >= 11 is 0. The first-order valence-electron chi connectivity index (χ1n) is 8.42. The maximum absolute atomic E-state index is 12.6. The third-order valence-corrected chi connectivity index (χ3v) is 4.58. The minimum atomic E-state index is 0.134. The topological polar surface area (TPSA) is 35.6 Å². The molecular formula is C18H29N3O. The molecule has 1 aromatic rings. The van der Waals surface area contributed by atoms with Crippen LogP contribution in [0.2, 0.25) is 0 Å². The van der Waals surface area contributed by atoms with Crippen molar-refractivity contribution < 1.29 is 4.79 Å². The van der Waals surface area contributed by atoms with Gasteiger partial charge >= 0.3 is 0 Å². The number of rotatable bonds is 6. The number of carbonyl (C=O) groups excluding carboxylic acids is 1. The second-order valence-corrected chi connectivity index (χ2v) is 6.22. The SMILES string of the molecule is CCCCN(C)c1ccc(C(=O)N(C)C2CCNCC2)cc1. The minimum Gasteiger partial charge on any atom is -0.375 e. The second-order valence-electron chi connectivity index (χ2n) is 6.22. The van der Waals surface area contributed by atoms with Crippen LogP contribution in [0.25, 0.3) is 0 Å². The number of hydrogen-bond acceptors (Lipinski definition) is 3. The third kappa shape index (κ3) is 4.23. The van der Waals surface area contributed by atoms with Gasteiger partial charge in [0.2, 0.25) is 0 Å². The lowest BCUT2D eigenvalue weighted by atomic mass is 10.0. The van der Waals surface area contributed by atoms with Gasteiger partial charge in [0.25, 0.3) is 5.91 Å². The van der Waals surface area contributed by atoms with Gasteiger partial charge in [-0.2, -0.15) is 0 Å². The Labute approximate surface area is 134 Å². The molecule has 1 amide bonds. The Bertz CT molecular complexity index is 466. The van der Waals surface area contributed by atoms with E-state index in [0.29, 0.717) is 6.04 Å². The van der Waals surface area contributed by atoms with E-state index < -0.39 is 0 Å². The van der Waals surface area contributed by atoms with Gasteiger partial charge in [-0.25, -0.2) is 0 Å². The van der Waals surface area contributed by atoms with E-state index in [0.717, 1.165) is 38.0 Å². The van der Waals surface area contributed by atoms with Crippen molar-refractivity contribution in [3.05, 3.63) is 29.8 Å². The van der Waals surface area contributed by atoms with E-state index in [1.165, 1.54) is 18.5 Å². The van der Waals surface area contributed by atoms with Crippen LogP contribution >= 0.6 is 0 Å². The number of nitrogens with one attached hydrogen (secondary N) is 1. The molecule has 0 radical (unpaired) electrons. The number of unbranched alkanes of at least 4 members (excludes halogenated alkanes) is 1. The van der Waals surface area contributed by atoms with Crippen LogP contribution in [0.15, 0.2) is 24.3 Å². The van der Waals surface area contributed by atoms with Crippen molar-refractivity contribution in [3.8, 4) is 0 Å². The standard InChI is InChI=1S/C18H29N3O/c1-4-5-14-20(2)16-8-6-15(7-9-16)18(22)21(3)17-10-12-19-13-11-17/h6-9,17,19H,4-5,10-14H2,1-3H3. The first kappa shape index (κ1) is 16.8. The molecule has 1 fully saturated rings. The maximum Gasteiger partial charge on any atom is 0.253 e. The highest BCUT2D eigenvalue weighted by molar-refractivity contribution is 5.94. The number of benzene rings is 1. The van der Waals surface area contributed by atoms with Crippen LogP contribution in [-0.2, 0) is 0 Å². The van der Waals surface area contributed by atoms with Crippen LogP contribution in [0.4, 0.5) is 5.69 Å². The highest BCUT2D eigenvalue weighted by atomic mass is 16.2. The monoisotopic (exact) mass is 303 g/mol. The summed E-state index contributed by atoms with van der Waals surface area (Å²) in [6, 6.07) is 8.38. The Morgan fingerprint density at radius 1 is 1.18 bits per heavy atom. The van der Waals surface area contributed by atoms with Crippen LogP contribution in [0, 0.1) is 0 Å². The maximum atomic E-state index is 12.6. The Hall–Kier alpha value is -1.55. The summed E-state index contributed by atoms with van der Waals surface area (Å²) in [5, 5.41) is 3.34. The fraction of sp³-hybridized carbons (Fsp3) is 0.611. The molecule has 0 bridgehead atoms. The lowest BCUT2D eigenvalue weighted by Crippen LogP contribution is -2.43. The van der Waals surface area contributed by atoms with Crippen molar-refractivity contribution in [2.45, 2.75) is 38.6 Å². The number of piperidine rings is 1. The Balaban J connectivity index is 1.98. The minimum absolute atomic E-state index is 0.134. The van der Waals surface area contributed by atoms with Gasteiger partial charge in [0.05, 0.1) is 0 Å². The zero-order valence-electron chi connectivity index (χ0n) is 14.1. The zero-order chi connectivity index (χ0) is 15.9. The van der Waals surface area contributed by atoms with Crippen molar-refractivity contribution in [1.29, 1.82) is 0 Å². The first-order chi connectivity index (χ1) is 10.6. The van der Waals surface area contributed by atoms with Gasteiger partial charge in [0, 0.05) is 37.9 Å². The fourth-order valence-corrected chi connectivity index (χ4v) is 2.95. The molecule has 0 saturated carbocycles. The van der Waals surface area contributed by atoms with Crippen LogP contribution < -0.4 is 10.2 Å². The molecule has 2 rings (SSSR count). The molecule has 0 aliphatic carbocycles. The summed E-state index contributed by atoms with van der Waals surface area (Å²) in [4.78, 5) is 16.7. The van der Waals surface area contributed by atoms with E-state index >= 15 is 0 Å². The molecular weight excluding hydrogens is 274 g/mol.